The van der Waals surface area contributed by atoms with E-state index in [2.05, 4.69) is 17.7 Å². The van der Waals surface area contributed by atoms with Crippen molar-refractivity contribution in [2.75, 3.05) is 7.11 Å². The SMILES string of the molecule is CCCCC/C=C\C=C/C(=O)OC. The number of unbranched alkanes of at least 4 members (excludes halogenated alkanes) is 3. The monoisotopic (exact) mass is 182 g/mol. The average Bonchev–Trinajstić information content (AvgIpc) is 2.16. The Kier molecular flexibility index (Phi) is 8.31. The summed E-state index contributed by atoms with van der Waals surface area (Å²) >= 11 is 0. The molecule has 0 spiro atoms. The van der Waals surface area contributed by atoms with Crippen LogP contribution in [0.3, 0.4) is 0 Å². The van der Waals surface area contributed by atoms with Crippen LogP contribution in [0.25, 0.3) is 0 Å². The molecule has 0 heterocycles. The molecule has 0 N–H and O–H groups in total. The van der Waals surface area contributed by atoms with Gasteiger partial charge in [0, 0.05) is 6.08 Å². The fourth-order valence-corrected chi connectivity index (χ4v) is 0.889. The van der Waals surface area contributed by atoms with Crippen LogP contribution in [0.15, 0.2) is 24.3 Å². The van der Waals surface area contributed by atoms with Crippen LogP contribution in [0.2, 0.25) is 0 Å². The van der Waals surface area contributed by atoms with Gasteiger partial charge in [-0.15, -0.1) is 0 Å². The van der Waals surface area contributed by atoms with E-state index in [-0.39, 0.29) is 5.97 Å². The van der Waals surface area contributed by atoms with Gasteiger partial charge in [-0.1, -0.05) is 38.0 Å². The summed E-state index contributed by atoms with van der Waals surface area (Å²) in [5, 5.41) is 0. The molecular formula is C11H18O2. The molecule has 0 unspecified atom stereocenters. The van der Waals surface area contributed by atoms with Crippen LogP contribution in [0.5, 0.6) is 0 Å². The number of allylic oxidation sites excluding steroid dienone is 3. The number of carbonyl (C=O) groups is 1. The number of ether oxygens (including phenoxy) is 1. The molecule has 0 amide bonds. The van der Waals surface area contributed by atoms with Crippen LogP contribution in [0.1, 0.15) is 32.6 Å². The topological polar surface area (TPSA) is 26.3 Å². The summed E-state index contributed by atoms with van der Waals surface area (Å²) in [6.07, 6.45) is 11.9. The van der Waals surface area contributed by atoms with Gasteiger partial charge in [0.05, 0.1) is 7.11 Å². The fourth-order valence-electron chi connectivity index (χ4n) is 0.889. The van der Waals surface area contributed by atoms with Gasteiger partial charge in [-0.05, 0) is 12.8 Å². The van der Waals surface area contributed by atoms with Crippen LogP contribution >= 0.6 is 0 Å². The van der Waals surface area contributed by atoms with Crippen molar-refractivity contribution in [1.82, 2.24) is 0 Å². The first kappa shape index (κ1) is 11.9. The van der Waals surface area contributed by atoms with Gasteiger partial charge < -0.3 is 4.74 Å². The molecule has 0 aliphatic heterocycles. The van der Waals surface area contributed by atoms with Crippen molar-refractivity contribution in [2.24, 2.45) is 0 Å². The Morgan fingerprint density at radius 3 is 2.69 bits per heavy atom. The Balaban J connectivity index is 3.40. The van der Waals surface area contributed by atoms with Gasteiger partial charge in [-0.2, -0.15) is 0 Å². The molecule has 0 fully saturated rings. The highest BCUT2D eigenvalue weighted by Crippen LogP contribution is 1.99. The molecule has 0 aromatic carbocycles. The summed E-state index contributed by atoms with van der Waals surface area (Å²) in [7, 11) is 1.37. The van der Waals surface area contributed by atoms with E-state index in [1.165, 1.54) is 32.4 Å². The van der Waals surface area contributed by atoms with E-state index in [1.54, 1.807) is 6.08 Å². The maximum Gasteiger partial charge on any atom is 0.330 e. The Labute approximate surface area is 80.3 Å². The second kappa shape index (κ2) is 9.04. The minimum Gasteiger partial charge on any atom is -0.466 e. The van der Waals surface area contributed by atoms with Gasteiger partial charge in [0.1, 0.15) is 0 Å². The highest BCUT2D eigenvalue weighted by molar-refractivity contribution is 5.82. The predicted octanol–water partition coefficient (Wildman–Crippen LogP) is 2.85. The maximum absolute atomic E-state index is 10.6. The zero-order valence-corrected chi connectivity index (χ0v) is 8.45. The van der Waals surface area contributed by atoms with Crippen molar-refractivity contribution in [2.45, 2.75) is 32.6 Å². The lowest BCUT2D eigenvalue weighted by Gasteiger charge is -1.90. The van der Waals surface area contributed by atoms with E-state index in [0.717, 1.165) is 6.42 Å². The first-order valence-electron chi connectivity index (χ1n) is 4.72. The minimum atomic E-state index is -0.307. The number of carbonyl (C=O) groups excluding carboxylic acids is 1. The molecular weight excluding hydrogens is 164 g/mol. The van der Waals surface area contributed by atoms with Gasteiger partial charge in [0.2, 0.25) is 0 Å². The number of hydrogen-bond acceptors (Lipinski definition) is 2. The zero-order valence-electron chi connectivity index (χ0n) is 8.45. The molecule has 0 aliphatic rings. The fraction of sp³-hybridized carbons (Fsp3) is 0.545. The highest BCUT2D eigenvalue weighted by atomic mass is 16.5. The number of methoxy groups -OCH3 is 1. The molecule has 0 atom stereocenters. The summed E-state index contributed by atoms with van der Waals surface area (Å²) < 4.78 is 4.44. The Hall–Kier alpha value is -1.05. The second-order valence-electron chi connectivity index (χ2n) is 2.81. The van der Waals surface area contributed by atoms with E-state index in [4.69, 9.17) is 0 Å². The van der Waals surface area contributed by atoms with E-state index < -0.39 is 0 Å². The third-order valence-corrected chi connectivity index (χ3v) is 1.66. The van der Waals surface area contributed by atoms with Crippen LogP contribution in [0, 0.1) is 0 Å². The summed E-state index contributed by atoms with van der Waals surface area (Å²) in [6.45, 7) is 2.18. The minimum absolute atomic E-state index is 0.307. The standard InChI is InChI=1S/C11H18O2/c1-3-4-5-6-7-8-9-10-11(12)13-2/h7-10H,3-6H2,1-2H3/b8-7-,10-9-. The molecule has 0 saturated heterocycles. The highest BCUT2D eigenvalue weighted by Gasteiger charge is 1.86. The van der Waals surface area contributed by atoms with E-state index in [1.807, 2.05) is 6.08 Å². The number of rotatable bonds is 6. The third-order valence-electron chi connectivity index (χ3n) is 1.66. The Morgan fingerprint density at radius 2 is 2.08 bits per heavy atom. The van der Waals surface area contributed by atoms with Gasteiger partial charge in [0.25, 0.3) is 0 Å². The van der Waals surface area contributed by atoms with Crippen molar-refractivity contribution in [3.8, 4) is 0 Å². The molecule has 0 aromatic rings. The van der Waals surface area contributed by atoms with Crippen molar-refractivity contribution in [1.29, 1.82) is 0 Å². The molecule has 2 nitrogen and oxygen atoms in total. The molecule has 0 aromatic heterocycles. The first-order chi connectivity index (χ1) is 6.31. The van der Waals surface area contributed by atoms with Crippen LogP contribution in [-0.2, 0) is 9.53 Å². The molecule has 0 radical (unpaired) electrons. The molecule has 0 bridgehead atoms. The lowest BCUT2D eigenvalue weighted by Crippen LogP contribution is -1.92. The predicted molar refractivity (Wildman–Crippen MR) is 54.4 cm³/mol. The van der Waals surface area contributed by atoms with Crippen LogP contribution in [0.4, 0.5) is 0 Å². The van der Waals surface area contributed by atoms with E-state index in [0.29, 0.717) is 0 Å². The lowest BCUT2D eigenvalue weighted by molar-refractivity contribution is -0.134. The van der Waals surface area contributed by atoms with Gasteiger partial charge in [-0.25, -0.2) is 4.79 Å². The molecule has 0 aliphatic carbocycles. The number of esters is 1. The van der Waals surface area contributed by atoms with Crippen molar-refractivity contribution >= 4 is 5.97 Å². The normalized spacial score (nSPS) is 11.2. The summed E-state index contributed by atoms with van der Waals surface area (Å²) in [5.74, 6) is -0.307. The zero-order chi connectivity index (χ0) is 9.94. The molecule has 0 saturated carbocycles. The first-order valence-corrected chi connectivity index (χ1v) is 4.72. The third kappa shape index (κ3) is 8.86. The summed E-state index contributed by atoms with van der Waals surface area (Å²) in [4.78, 5) is 10.6. The molecule has 0 rings (SSSR count). The second-order valence-corrected chi connectivity index (χ2v) is 2.81. The van der Waals surface area contributed by atoms with E-state index in [9.17, 15) is 4.79 Å². The molecule has 13 heavy (non-hydrogen) atoms. The van der Waals surface area contributed by atoms with Crippen molar-refractivity contribution in [3.63, 3.8) is 0 Å². The number of hydrogen-bond donors (Lipinski definition) is 0. The van der Waals surface area contributed by atoms with Crippen molar-refractivity contribution in [3.05, 3.63) is 24.3 Å². The Bertz CT molecular complexity index is 181. The van der Waals surface area contributed by atoms with Crippen LogP contribution in [-0.4, -0.2) is 13.1 Å². The molecule has 2 heteroatoms. The molecule has 74 valence electrons. The maximum atomic E-state index is 10.6. The smallest absolute Gasteiger partial charge is 0.330 e. The largest absolute Gasteiger partial charge is 0.466 e. The van der Waals surface area contributed by atoms with Gasteiger partial charge >= 0.3 is 5.97 Å². The van der Waals surface area contributed by atoms with Crippen LogP contribution < -0.4 is 0 Å². The lowest BCUT2D eigenvalue weighted by atomic mass is 10.2. The van der Waals surface area contributed by atoms with E-state index >= 15 is 0 Å². The summed E-state index contributed by atoms with van der Waals surface area (Å²) in [6, 6.07) is 0. The van der Waals surface area contributed by atoms with Crippen molar-refractivity contribution < 1.29 is 9.53 Å². The quantitative estimate of drug-likeness (QED) is 0.273. The summed E-state index contributed by atoms with van der Waals surface area (Å²) in [5.41, 5.74) is 0. The van der Waals surface area contributed by atoms with Gasteiger partial charge in [0.15, 0.2) is 0 Å². The van der Waals surface area contributed by atoms with Gasteiger partial charge in [-0.3, -0.25) is 0 Å². The average molecular weight is 182 g/mol. The Morgan fingerprint density at radius 1 is 1.31 bits per heavy atom.